The van der Waals surface area contributed by atoms with Crippen LogP contribution in [0, 0.1) is 0 Å². The van der Waals surface area contributed by atoms with Gasteiger partial charge in [-0.05, 0) is 47.5 Å². The predicted octanol–water partition coefficient (Wildman–Crippen LogP) is 3.75. The molecule has 2 heterocycles. The number of carbonyl (C=O) groups excluding carboxylic acids is 2. The molecule has 5 nitrogen and oxygen atoms in total. The Balaban J connectivity index is 1.75. The van der Waals surface area contributed by atoms with Crippen molar-refractivity contribution in [2.45, 2.75) is 19.8 Å². The summed E-state index contributed by atoms with van der Waals surface area (Å²) in [6, 6.07) is 11.2. The van der Waals surface area contributed by atoms with E-state index in [0.29, 0.717) is 20.7 Å². The van der Waals surface area contributed by atoms with Crippen LogP contribution in [0.5, 0.6) is 0 Å². The summed E-state index contributed by atoms with van der Waals surface area (Å²) in [5.41, 5.74) is 5.10. The van der Waals surface area contributed by atoms with E-state index in [2.05, 4.69) is 24.3 Å². The summed E-state index contributed by atoms with van der Waals surface area (Å²) in [5, 5.41) is 1.11. The van der Waals surface area contributed by atoms with Gasteiger partial charge < -0.3 is 0 Å². The van der Waals surface area contributed by atoms with Crippen LogP contribution in [0.3, 0.4) is 0 Å². The van der Waals surface area contributed by atoms with Crippen molar-refractivity contribution in [1.82, 2.24) is 15.4 Å². The van der Waals surface area contributed by atoms with E-state index in [1.165, 1.54) is 29.7 Å². The standard InChI is InChI=1S/C19H17N3O2S2/c1-12(2)14-5-3-13(4-6-14)11-16-18(24)22(19(25)26-16)21-17(23)15-7-9-20-10-8-15/h3-12H,1-2H3,(H,21,23). The number of hydrogen-bond acceptors (Lipinski definition) is 5. The van der Waals surface area contributed by atoms with Crippen LogP contribution in [0.2, 0.25) is 0 Å². The van der Waals surface area contributed by atoms with Crippen LogP contribution in [0.25, 0.3) is 6.08 Å². The van der Waals surface area contributed by atoms with Crippen molar-refractivity contribution in [3.05, 3.63) is 70.4 Å². The molecule has 26 heavy (non-hydrogen) atoms. The maximum Gasteiger partial charge on any atom is 0.285 e. The average molecular weight is 383 g/mol. The molecule has 0 spiro atoms. The highest BCUT2D eigenvalue weighted by atomic mass is 32.2. The first-order chi connectivity index (χ1) is 12.5. The molecule has 0 unspecified atom stereocenters. The Morgan fingerprint density at radius 1 is 1.19 bits per heavy atom. The van der Waals surface area contributed by atoms with Crippen LogP contribution in [-0.4, -0.2) is 26.1 Å². The molecule has 1 aromatic heterocycles. The largest absolute Gasteiger partial charge is 0.285 e. The lowest BCUT2D eigenvalue weighted by Gasteiger charge is -2.15. The second-order valence-corrected chi connectivity index (χ2v) is 7.69. The van der Waals surface area contributed by atoms with Gasteiger partial charge >= 0.3 is 0 Å². The molecule has 2 aromatic rings. The lowest BCUT2D eigenvalue weighted by molar-refractivity contribution is -0.123. The topological polar surface area (TPSA) is 62.3 Å². The number of carbonyl (C=O) groups is 2. The Labute approximate surface area is 161 Å². The summed E-state index contributed by atoms with van der Waals surface area (Å²) < 4.78 is 0.294. The second-order valence-electron chi connectivity index (χ2n) is 6.02. The van der Waals surface area contributed by atoms with Crippen LogP contribution in [0.4, 0.5) is 0 Å². The van der Waals surface area contributed by atoms with E-state index in [4.69, 9.17) is 12.2 Å². The van der Waals surface area contributed by atoms with Crippen LogP contribution >= 0.6 is 24.0 Å². The van der Waals surface area contributed by atoms with Crippen molar-refractivity contribution in [3.8, 4) is 0 Å². The van der Waals surface area contributed by atoms with Gasteiger partial charge in [0, 0.05) is 18.0 Å². The summed E-state index contributed by atoms with van der Waals surface area (Å²) in [5.74, 6) is -0.299. The zero-order valence-corrected chi connectivity index (χ0v) is 15.9. The minimum absolute atomic E-state index is 0.294. The van der Waals surface area contributed by atoms with E-state index in [1.807, 2.05) is 24.3 Å². The van der Waals surface area contributed by atoms with Gasteiger partial charge in [-0.1, -0.05) is 49.9 Å². The number of thioether (sulfide) groups is 1. The molecule has 132 valence electrons. The van der Waals surface area contributed by atoms with Gasteiger partial charge in [0.05, 0.1) is 4.91 Å². The third kappa shape index (κ3) is 4.00. The number of rotatable bonds is 4. The smallest absolute Gasteiger partial charge is 0.267 e. The molecule has 1 saturated heterocycles. The van der Waals surface area contributed by atoms with Crippen molar-refractivity contribution < 1.29 is 9.59 Å². The molecule has 1 aliphatic rings. The molecular formula is C19H17N3O2S2. The van der Waals surface area contributed by atoms with Crippen LogP contribution in [0.15, 0.2) is 53.7 Å². The highest BCUT2D eigenvalue weighted by Crippen LogP contribution is 2.31. The van der Waals surface area contributed by atoms with E-state index >= 15 is 0 Å². The van der Waals surface area contributed by atoms with Crippen LogP contribution in [-0.2, 0) is 4.79 Å². The molecule has 2 amide bonds. The highest BCUT2D eigenvalue weighted by molar-refractivity contribution is 8.26. The van der Waals surface area contributed by atoms with Crippen molar-refractivity contribution in [3.63, 3.8) is 0 Å². The summed E-state index contributed by atoms with van der Waals surface area (Å²) in [7, 11) is 0. The molecule has 0 bridgehead atoms. The van der Waals surface area contributed by atoms with Crippen molar-refractivity contribution in [2.24, 2.45) is 0 Å². The van der Waals surface area contributed by atoms with E-state index in [9.17, 15) is 9.59 Å². The number of hydrazine groups is 1. The molecule has 0 saturated carbocycles. The SMILES string of the molecule is CC(C)c1ccc(C=C2SC(=S)N(NC(=O)c3ccncc3)C2=O)cc1. The summed E-state index contributed by atoms with van der Waals surface area (Å²) in [6.45, 7) is 4.26. The number of pyridine rings is 1. The number of nitrogens with zero attached hydrogens (tertiary/aromatic N) is 2. The summed E-state index contributed by atoms with van der Waals surface area (Å²) in [4.78, 5) is 29.2. The number of hydrogen-bond donors (Lipinski definition) is 1. The maximum atomic E-state index is 12.6. The van der Waals surface area contributed by atoms with Gasteiger partial charge in [0.1, 0.15) is 0 Å². The minimum atomic E-state index is -0.411. The van der Waals surface area contributed by atoms with Crippen molar-refractivity contribution in [1.29, 1.82) is 0 Å². The van der Waals surface area contributed by atoms with E-state index in [1.54, 1.807) is 18.2 Å². The summed E-state index contributed by atoms with van der Waals surface area (Å²) in [6.07, 6.45) is 4.81. The Kier molecular flexibility index (Phi) is 5.49. The average Bonchev–Trinajstić information content (AvgIpc) is 2.90. The Morgan fingerprint density at radius 2 is 1.85 bits per heavy atom. The predicted molar refractivity (Wildman–Crippen MR) is 107 cm³/mol. The van der Waals surface area contributed by atoms with E-state index < -0.39 is 5.91 Å². The number of benzene rings is 1. The second kappa shape index (κ2) is 7.80. The van der Waals surface area contributed by atoms with Gasteiger partial charge in [0.15, 0.2) is 4.32 Å². The normalized spacial score (nSPS) is 15.8. The number of nitrogens with one attached hydrogen (secondary N) is 1. The fourth-order valence-corrected chi connectivity index (χ4v) is 3.54. The first-order valence-electron chi connectivity index (χ1n) is 8.04. The molecular weight excluding hydrogens is 366 g/mol. The van der Waals surface area contributed by atoms with Crippen molar-refractivity contribution in [2.75, 3.05) is 0 Å². The lowest BCUT2D eigenvalue weighted by atomic mass is 10.0. The fraction of sp³-hybridized carbons (Fsp3) is 0.158. The molecule has 1 aromatic carbocycles. The Hall–Kier alpha value is -2.51. The van der Waals surface area contributed by atoms with Gasteiger partial charge in [-0.25, -0.2) is 0 Å². The van der Waals surface area contributed by atoms with Gasteiger partial charge in [-0.3, -0.25) is 20.0 Å². The summed E-state index contributed by atoms with van der Waals surface area (Å²) >= 11 is 6.40. The number of amides is 2. The highest BCUT2D eigenvalue weighted by Gasteiger charge is 2.33. The number of aromatic nitrogens is 1. The first kappa shape index (κ1) is 18.3. The van der Waals surface area contributed by atoms with E-state index in [0.717, 1.165) is 10.6 Å². The third-order valence-electron chi connectivity index (χ3n) is 3.85. The molecule has 0 aliphatic carbocycles. The third-order valence-corrected chi connectivity index (χ3v) is 5.15. The molecule has 0 radical (unpaired) electrons. The van der Waals surface area contributed by atoms with E-state index in [-0.39, 0.29) is 5.91 Å². The zero-order chi connectivity index (χ0) is 18.7. The zero-order valence-electron chi connectivity index (χ0n) is 14.3. The molecule has 1 N–H and O–H groups in total. The Bertz CT molecular complexity index is 877. The van der Waals surface area contributed by atoms with Crippen LogP contribution < -0.4 is 5.43 Å². The van der Waals surface area contributed by atoms with Gasteiger partial charge in [-0.15, -0.1) is 0 Å². The maximum absolute atomic E-state index is 12.6. The number of thiocarbonyl (C=S) groups is 1. The molecule has 1 fully saturated rings. The monoisotopic (exact) mass is 383 g/mol. The molecule has 1 aliphatic heterocycles. The molecule has 7 heteroatoms. The first-order valence-corrected chi connectivity index (χ1v) is 9.27. The minimum Gasteiger partial charge on any atom is -0.267 e. The fourth-order valence-electron chi connectivity index (χ4n) is 2.36. The van der Waals surface area contributed by atoms with Gasteiger partial charge in [-0.2, -0.15) is 5.01 Å². The van der Waals surface area contributed by atoms with Gasteiger partial charge in [0.2, 0.25) is 0 Å². The van der Waals surface area contributed by atoms with Crippen LogP contribution in [0.1, 0.15) is 41.3 Å². The Morgan fingerprint density at radius 3 is 2.46 bits per heavy atom. The lowest BCUT2D eigenvalue weighted by Crippen LogP contribution is -2.44. The quantitative estimate of drug-likeness (QED) is 0.644. The molecule has 0 atom stereocenters. The molecule has 3 rings (SSSR count). The van der Waals surface area contributed by atoms with Gasteiger partial charge in [0.25, 0.3) is 11.8 Å². The van der Waals surface area contributed by atoms with Crippen molar-refractivity contribution >= 4 is 46.2 Å².